The van der Waals surface area contributed by atoms with Gasteiger partial charge in [-0.05, 0) is 38.0 Å². The van der Waals surface area contributed by atoms with Gasteiger partial charge in [-0.3, -0.25) is 19.3 Å². The Bertz CT molecular complexity index is 1060. The zero-order valence-corrected chi connectivity index (χ0v) is 20.5. The van der Waals surface area contributed by atoms with Gasteiger partial charge in [0.2, 0.25) is 11.8 Å². The van der Waals surface area contributed by atoms with Gasteiger partial charge in [-0.25, -0.2) is 4.79 Å². The molecule has 1 heterocycles. The van der Waals surface area contributed by atoms with E-state index in [0.29, 0.717) is 24.1 Å². The molecule has 0 aromatic heterocycles. The van der Waals surface area contributed by atoms with Gasteiger partial charge >= 0.3 is 5.97 Å². The number of hydrogen-bond acceptors (Lipinski definition) is 5. The molecule has 1 saturated carbocycles. The van der Waals surface area contributed by atoms with Crippen molar-refractivity contribution in [2.24, 2.45) is 11.8 Å². The number of carbonyl (C=O) groups is 4. The van der Waals surface area contributed by atoms with Crippen LogP contribution in [0.1, 0.15) is 39.1 Å². The molecule has 32 heavy (non-hydrogen) atoms. The molecule has 4 atom stereocenters. The lowest BCUT2D eigenvalue weighted by Gasteiger charge is -2.29. The number of anilines is 1. The summed E-state index contributed by atoms with van der Waals surface area (Å²) in [5.74, 6) is -2.23. The lowest BCUT2D eigenvalue weighted by Crippen LogP contribution is -2.34. The molecule has 4 rings (SSSR count). The van der Waals surface area contributed by atoms with Gasteiger partial charge in [0.15, 0.2) is 12.4 Å². The van der Waals surface area contributed by atoms with Crippen molar-refractivity contribution in [2.45, 2.75) is 29.4 Å². The predicted octanol–water partition coefficient (Wildman–Crippen LogP) is 4.46. The van der Waals surface area contributed by atoms with Crippen LogP contribution in [0.15, 0.2) is 48.5 Å². The predicted molar refractivity (Wildman–Crippen MR) is 126 cm³/mol. The molecule has 1 aliphatic carbocycles. The number of alkyl halides is 2. The minimum Gasteiger partial charge on any atom is -0.454 e. The number of esters is 1. The van der Waals surface area contributed by atoms with E-state index in [4.69, 9.17) is 4.74 Å². The van der Waals surface area contributed by atoms with Crippen LogP contribution >= 0.6 is 31.9 Å². The SMILES string of the molecule is Cc1ccc(C(=O)COC(=O)c2cccc(N3C(=O)[C@H]4C[C@@H](Br)[C@H](Br)C[C@H]4C3=O)c2)cc1. The fourth-order valence-corrected chi connectivity index (χ4v) is 5.40. The van der Waals surface area contributed by atoms with E-state index in [0.717, 1.165) is 5.56 Å². The lowest BCUT2D eigenvalue weighted by molar-refractivity contribution is -0.122. The van der Waals surface area contributed by atoms with Crippen LogP contribution < -0.4 is 4.90 Å². The topological polar surface area (TPSA) is 80.8 Å². The molecule has 0 radical (unpaired) electrons. The number of halogens is 2. The van der Waals surface area contributed by atoms with Crippen LogP contribution in [0.3, 0.4) is 0 Å². The Hall–Kier alpha value is -2.32. The van der Waals surface area contributed by atoms with Crippen LogP contribution in [0.25, 0.3) is 0 Å². The summed E-state index contributed by atoms with van der Waals surface area (Å²) in [6, 6.07) is 13.2. The van der Waals surface area contributed by atoms with Gasteiger partial charge in [0.05, 0.1) is 23.1 Å². The maximum atomic E-state index is 13.0. The summed E-state index contributed by atoms with van der Waals surface area (Å²) in [4.78, 5) is 52.2. The highest BCUT2D eigenvalue weighted by atomic mass is 79.9. The van der Waals surface area contributed by atoms with Gasteiger partial charge in [-0.1, -0.05) is 67.8 Å². The van der Waals surface area contributed by atoms with Gasteiger partial charge in [0.25, 0.3) is 0 Å². The number of fused-ring (bicyclic) bond motifs is 1. The highest BCUT2D eigenvalue weighted by molar-refractivity contribution is 9.12. The standard InChI is InChI=1S/C24H21Br2NO5/c1-13-5-7-14(8-6-13)21(28)12-32-24(31)15-3-2-4-16(9-15)27-22(29)17-10-19(25)20(26)11-18(17)23(27)30/h2-9,17-20H,10-12H2,1H3/t17-,18+,19-,20-/m1/s1. The molecule has 2 amide bonds. The molecule has 0 bridgehead atoms. The van der Waals surface area contributed by atoms with Crippen molar-refractivity contribution in [3.8, 4) is 0 Å². The number of hydrogen-bond donors (Lipinski definition) is 0. The van der Waals surface area contributed by atoms with Crippen LogP contribution in [0.5, 0.6) is 0 Å². The molecule has 8 heteroatoms. The number of nitrogens with zero attached hydrogens (tertiary/aromatic N) is 1. The Balaban J connectivity index is 1.47. The molecule has 1 aliphatic heterocycles. The fourth-order valence-electron chi connectivity index (χ4n) is 4.16. The molecule has 0 N–H and O–H groups in total. The molecular weight excluding hydrogens is 542 g/mol. The normalized spacial score (nSPS) is 24.9. The largest absolute Gasteiger partial charge is 0.454 e. The summed E-state index contributed by atoms with van der Waals surface area (Å²) >= 11 is 7.15. The second kappa shape index (κ2) is 9.27. The first-order valence-corrected chi connectivity index (χ1v) is 12.1. The third-order valence-electron chi connectivity index (χ3n) is 5.96. The van der Waals surface area contributed by atoms with Crippen molar-refractivity contribution in [1.29, 1.82) is 0 Å². The van der Waals surface area contributed by atoms with Crippen molar-refractivity contribution in [3.05, 3.63) is 65.2 Å². The summed E-state index contributed by atoms with van der Waals surface area (Å²) < 4.78 is 5.18. The maximum Gasteiger partial charge on any atom is 0.338 e. The third kappa shape index (κ3) is 4.43. The quantitative estimate of drug-likeness (QED) is 0.233. The summed E-state index contributed by atoms with van der Waals surface area (Å²) in [7, 11) is 0. The van der Waals surface area contributed by atoms with Crippen molar-refractivity contribution < 1.29 is 23.9 Å². The van der Waals surface area contributed by atoms with Crippen molar-refractivity contribution in [1.82, 2.24) is 0 Å². The Morgan fingerprint density at radius 3 is 2.12 bits per heavy atom. The van der Waals surface area contributed by atoms with E-state index >= 15 is 0 Å². The zero-order valence-electron chi connectivity index (χ0n) is 17.3. The molecule has 0 unspecified atom stereocenters. The number of ether oxygens (including phenoxy) is 1. The van der Waals surface area contributed by atoms with Crippen molar-refractivity contribution in [2.75, 3.05) is 11.5 Å². The van der Waals surface area contributed by atoms with Crippen molar-refractivity contribution >= 4 is 61.1 Å². The average Bonchev–Trinajstić information content (AvgIpc) is 3.02. The van der Waals surface area contributed by atoms with E-state index in [9.17, 15) is 19.2 Å². The fraction of sp³-hybridized carbons (Fsp3) is 0.333. The molecule has 2 aliphatic rings. The maximum absolute atomic E-state index is 13.0. The monoisotopic (exact) mass is 561 g/mol. The molecule has 2 aromatic carbocycles. The van der Waals surface area contributed by atoms with E-state index in [1.807, 2.05) is 19.1 Å². The number of aryl methyl sites for hydroxylation is 1. The lowest BCUT2D eigenvalue weighted by atomic mass is 9.81. The minimum absolute atomic E-state index is 0.118. The van der Waals surface area contributed by atoms with E-state index in [2.05, 4.69) is 31.9 Å². The number of amides is 2. The second-order valence-corrected chi connectivity index (χ2v) is 10.5. The van der Waals surface area contributed by atoms with E-state index < -0.39 is 12.6 Å². The van der Waals surface area contributed by atoms with Crippen LogP contribution in [0.4, 0.5) is 5.69 Å². The van der Waals surface area contributed by atoms with E-state index in [1.165, 1.54) is 17.0 Å². The number of benzene rings is 2. The molecule has 2 aromatic rings. The first kappa shape index (κ1) is 22.9. The highest BCUT2D eigenvalue weighted by Crippen LogP contribution is 2.44. The summed E-state index contributed by atoms with van der Waals surface area (Å²) in [6.07, 6.45) is 1.15. The molecule has 6 nitrogen and oxygen atoms in total. The van der Waals surface area contributed by atoms with E-state index in [1.54, 1.807) is 24.3 Å². The summed E-state index contributed by atoms with van der Waals surface area (Å²) in [6.45, 7) is 1.53. The van der Waals surface area contributed by atoms with Gasteiger partial charge in [-0.15, -0.1) is 0 Å². The molecular formula is C24H21Br2NO5. The first-order chi connectivity index (χ1) is 15.3. The summed E-state index contributed by atoms with van der Waals surface area (Å²) in [5, 5.41) is 0. The second-order valence-electron chi connectivity index (χ2n) is 8.14. The Labute approximate surface area is 202 Å². The number of ketones is 1. The number of Topliss-reactive ketones (excluding diaryl/α,β-unsaturated/α-hetero) is 1. The Morgan fingerprint density at radius 1 is 0.938 bits per heavy atom. The molecule has 1 saturated heterocycles. The van der Waals surface area contributed by atoms with Crippen molar-refractivity contribution in [3.63, 3.8) is 0 Å². The third-order valence-corrected chi connectivity index (χ3v) is 8.69. The molecule has 166 valence electrons. The van der Waals surface area contributed by atoms with Gasteiger partial charge in [-0.2, -0.15) is 0 Å². The molecule has 2 fully saturated rings. The van der Waals surface area contributed by atoms with Gasteiger partial charge < -0.3 is 4.74 Å². The smallest absolute Gasteiger partial charge is 0.338 e. The highest BCUT2D eigenvalue weighted by Gasteiger charge is 2.52. The van der Waals surface area contributed by atoms with Crippen LogP contribution in [0, 0.1) is 18.8 Å². The zero-order chi connectivity index (χ0) is 23.0. The van der Waals surface area contributed by atoms with Crippen LogP contribution in [0.2, 0.25) is 0 Å². The number of rotatable bonds is 5. The van der Waals surface area contributed by atoms with E-state index in [-0.39, 0.29) is 44.7 Å². The summed E-state index contributed by atoms with van der Waals surface area (Å²) in [5.41, 5.74) is 2.00. The Morgan fingerprint density at radius 2 is 1.53 bits per heavy atom. The van der Waals surface area contributed by atoms with Crippen LogP contribution in [-0.2, 0) is 14.3 Å². The Kier molecular flexibility index (Phi) is 6.62. The van der Waals surface area contributed by atoms with Gasteiger partial charge in [0, 0.05) is 15.2 Å². The van der Waals surface area contributed by atoms with Crippen LogP contribution in [-0.4, -0.2) is 39.8 Å². The number of imide groups is 1. The first-order valence-electron chi connectivity index (χ1n) is 10.3. The average molecular weight is 563 g/mol. The molecule has 0 spiro atoms. The van der Waals surface area contributed by atoms with Gasteiger partial charge in [0.1, 0.15) is 0 Å². The number of carbonyl (C=O) groups excluding carboxylic acids is 4. The minimum atomic E-state index is -0.690.